The number of carbonyl (C=O) groups is 1. The molecule has 1 aliphatic heterocycles. The number of aromatic amines is 1. The fourth-order valence-electron chi connectivity index (χ4n) is 5.75. The third kappa shape index (κ3) is 5.78. The van der Waals surface area contributed by atoms with Gasteiger partial charge in [-0.3, -0.25) is 9.59 Å². The van der Waals surface area contributed by atoms with Crippen molar-refractivity contribution in [2.75, 3.05) is 48.8 Å². The van der Waals surface area contributed by atoms with Crippen LogP contribution in [0.2, 0.25) is 0 Å². The SMILES string of the molecule is COc1cc(-c2cc(Nc3ccc(N4CCNCC4)cn3)c3c(=O)[nH]ccc3n2)c(F)cc1NC(=O)C1CCCCC1. The number of ether oxygens (including phenoxy) is 1. The summed E-state index contributed by atoms with van der Waals surface area (Å²) in [7, 11) is 1.48. The lowest BCUT2D eigenvalue weighted by atomic mass is 9.88. The van der Waals surface area contributed by atoms with Crippen LogP contribution in [0.3, 0.4) is 0 Å². The molecular weight excluding hydrogens is 537 g/mol. The number of hydrogen-bond donors (Lipinski definition) is 4. The standard InChI is InChI=1S/C31H34FN7O3/c1-42-27-15-21(22(32)16-25(27)38-30(40)19-5-3-2-4-6-19)24-17-26(29-23(36-24)9-10-34-31(29)41)37-28-8-7-20(18-35-28)39-13-11-33-12-14-39/h7-10,15-19,33H,2-6,11-14H2,1H3,(H,34,41)(H,38,40)(H,35,36,37). The average Bonchev–Trinajstić information content (AvgIpc) is 3.02. The van der Waals surface area contributed by atoms with E-state index in [0.717, 1.165) is 64.0 Å². The molecular formula is C31H34FN7O3. The number of methoxy groups -OCH3 is 1. The van der Waals surface area contributed by atoms with Gasteiger partial charge in [-0.1, -0.05) is 19.3 Å². The highest BCUT2D eigenvalue weighted by Gasteiger charge is 2.23. The van der Waals surface area contributed by atoms with Gasteiger partial charge in [-0.2, -0.15) is 0 Å². The predicted octanol–water partition coefficient (Wildman–Crippen LogP) is 4.80. The molecule has 1 saturated carbocycles. The number of pyridine rings is 3. The Morgan fingerprint density at radius 2 is 1.88 bits per heavy atom. The van der Waals surface area contributed by atoms with Crippen LogP contribution in [0.15, 0.2) is 53.6 Å². The Balaban J connectivity index is 1.33. The van der Waals surface area contributed by atoms with E-state index in [1.165, 1.54) is 25.4 Å². The molecule has 2 fully saturated rings. The molecule has 42 heavy (non-hydrogen) atoms. The first-order valence-electron chi connectivity index (χ1n) is 14.4. The minimum absolute atomic E-state index is 0.0837. The van der Waals surface area contributed by atoms with Gasteiger partial charge in [-0.25, -0.2) is 14.4 Å². The van der Waals surface area contributed by atoms with Gasteiger partial charge >= 0.3 is 0 Å². The van der Waals surface area contributed by atoms with Gasteiger partial charge in [0.2, 0.25) is 5.91 Å². The van der Waals surface area contributed by atoms with Crippen LogP contribution in [0.4, 0.5) is 27.3 Å². The molecule has 6 rings (SSSR count). The highest BCUT2D eigenvalue weighted by atomic mass is 19.1. The first-order chi connectivity index (χ1) is 20.5. The quantitative estimate of drug-likeness (QED) is 0.249. The van der Waals surface area contributed by atoms with Crippen molar-refractivity contribution in [2.45, 2.75) is 32.1 Å². The van der Waals surface area contributed by atoms with E-state index >= 15 is 4.39 Å². The molecule has 0 unspecified atom stereocenters. The molecule has 11 heteroatoms. The van der Waals surface area contributed by atoms with Gasteiger partial charge in [0, 0.05) is 49.9 Å². The van der Waals surface area contributed by atoms with Crippen molar-refractivity contribution < 1.29 is 13.9 Å². The number of carbonyl (C=O) groups excluding carboxylic acids is 1. The van der Waals surface area contributed by atoms with Gasteiger partial charge in [0.25, 0.3) is 5.56 Å². The third-order valence-corrected chi connectivity index (χ3v) is 8.02. The van der Waals surface area contributed by atoms with E-state index in [1.54, 1.807) is 18.3 Å². The monoisotopic (exact) mass is 571 g/mol. The number of nitrogens with one attached hydrogen (secondary N) is 4. The topological polar surface area (TPSA) is 124 Å². The number of rotatable bonds is 7. The highest BCUT2D eigenvalue weighted by Crippen LogP contribution is 2.36. The van der Waals surface area contributed by atoms with Gasteiger partial charge in [-0.15, -0.1) is 0 Å². The summed E-state index contributed by atoms with van der Waals surface area (Å²) in [6.07, 6.45) is 8.14. The summed E-state index contributed by atoms with van der Waals surface area (Å²) in [5.41, 5.74) is 2.27. The zero-order chi connectivity index (χ0) is 29.1. The van der Waals surface area contributed by atoms with E-state index in [1.807, 2.05) is 12.1 Å². The van der Waals surface area contributed by atoms with Gasteiger partial charge in [0.1, 0.15) is 17.4 Å². The number of aromatic nitrogens is 3. The minimum atomic E-state index is -0.573. The lowest BCUT2D eigenvalue weighted by molar-refractivity contribution is -0.120. The summed E-state index contributed by atoms with van der Waals surface area (Å²) in [5, 5.41) is 9.77. The van der Waals surface area contributed by atoms with Crippen molar-refractivity contribution in [3.05, 3.63) is 65.0 Å². The lowest BCUT2D eigenvalue weighted by Gasteiger charge is -2.29. The van der Waals surface area contributed by atoms with Crippen LogP contribution in [0.5, 0.6) is 5.75 Å². The zero-order valence-electron chi connectivity index (χ0n) is 23.5. The zero-order valence-corrected chi connectivity index (χ0v) is 23.5. The predicted molar refractivity (Wildman–Crippen MR) is 162 cm³/mol. The summed E-state index contributed by atoms with van der Waals surface area (Å²) in [6.45, 7) is 3.65. The Kier molecular flexibility index (Phi) is 8.00. The summed E-state index contributed by atoms with van der Waals surface area (Å²) >= 11 is 0. The molecule has 1 aromatic carbocycles. The number of piperazine rings is 1. The molecule has 3 aromatic heterocycles. The molecule has 1 saturated heterocycles. The maximum atomic E-state index is 15.6. The van der Waals surface area contributed by atoms with Crippen LogP contribution >= 0.6 is 0 Å². The van der Waals surface area contributed by atoms with Crippen LogP contribution in [0.25, 0.3) is 22.2 Å². The number of hydrogen-bond acceptors (Lipinski definition) is 8. The van der Waals surface area contributed by atoms with Crippen LogP contribution in [-0.4, -0.2) is 54.1 Å². The van der Waals surface area contributed by atoms with E-state index in [0.29, 0.717) is 33.9 Å². The Labute approximate surface area is 242 Å². The second-order valence-electron chi connectivity index (χ2n) is 10.7. The minimum Gasteiger partial charge on any atom is -0.495 e. The number of fused-ring (bicyclic) bond motifs is 1. The summed E-state index contributed by atoms with van der Waals surface area (Å²) < 4.78 is 21.2. The number of halogens is 1. The van der Waals surface area contributed by atoms with Crippen molar-refractivity contribution in [1.82, 2.24) is 20.3 Å². The second-order valence-corrected chi connectivity index (χ2v) is 10.7. The van der Waals surface area contributed by atoms with Crippen molar-refractivity contribution in [3.63, 3.8) is 0 Å². The maximum Gasteiger partial charge on any atom is 0.259 e. The largest absolute Gasteiger partial charge is 0.495 e. The first kappa shape index (κ1) is 27.6. The fraction of sp³-hybridized carbons (Fsp3) is 0.355. The number of H-pyrrole nitrogens is 1. The van der Waals surface area contributed by atoms with E-state index in [-0.39, 0.29) is 28.6 Å². The number of amides is 1. The van der Waals surface area contributed by atoms with E-state index in [9.17, 15) is 9.59 Å². The normalized spacial score (nSPS) is 15.9. The molecule has 1 aliphatic carbocycles. The molecule has 4 aromatic rings. The van der Waals surface area contributed by atoms with E-state index < -0.39 is 5.82 Å². The van der Waals surface area contributed by atoms with Crippen LogP contribution in [0.1, 0.15) is 32.1 Å². The Bertz CT molecular complexity index is 1650. The van der Waals surface area contributed by atoms with Crippen molar-refractivity contribution in [1.29, 1.82) is 0 Å². The van der Waals surface area contributed by atoms with Crippen LogP contribution < -0.4 is 31.1 Å². The molecule has 0 bridgehead atoms. The van der Waals surface area contributed by atoms with E-state index in [4.69, 9.17) is 4.74 Å². The molecule has 0 spiro atoms. The number of benzene rings is 1. The summed E-state index contributed by atoms with van der Waals surface area (Å²) in [6, 6.07) is 9.93. The molecule has 0 radical (unpaired) electrons. The van der Waals surface area contributed by atoms with Crippen LogP contribution in [0, 0.1) is 11.7 Å². The lowest BCUT2D eigenvalue weighted by Crippen LogP contribution is -2.43. The summed E-state index contributed by atoms with van der Waals surface area (Å²) in [5.74, 6) is 0.0816. The Morgan fingerprint density at radius 1 is 1.07 bits per heavy atom. The Hall–Kier alpha value is -4.51. The second kappa shape index (κ2) is 12.2. The average molecular weight is 572 g/mol. The molecule has 4 heterocycles. The maximum absolute atomic E-state index is 15.6. The molecule has 2 aliphatic rings. The van der Waals surface area contributed by atoms with Gasteiger partial charge < -0.3 is 30.6 Å². The molecule has 0 atom stereocenters. The number of nitrogens with zero attached hydrogens (tertiary/aromatic N) is 3. The van der Waals surface area contributed by atoms with E-state index in [2.05, 4.69) is 35.8 Å². The molecule has 1 amide bonds. The smallest absolute Gasteiger partial charge is 0.259 e. The fourth-order valence-corrected chi connectivity index (χ4v) is 5.75. The van der Waals surface area contributed by atoms with Gasteiger partial charge in [0.15, 0.2) is 0 Å². The first-order valence-corrected chi connectivity index (χ1v) is 14.4. The van der Waals surface area contributed by atoms with Gasteiger partial charge in [0.05, 0.1) is 47.0 Å². The van der Waals surface area contributed by atoms with Crippen molar-refractivity contribution in [3.8, 4) is 17.0 Å². The van der Waals surface area contributed by atoms with Crippen molar-refractivity contribution >= 4 is 39.7 Å². The summed E-state index contributed by atoms with van der Waals surface area (Å²) in [4.78, 5) is 39.8. The number of anilines is 4. The molecule has 10 nitrogen and oxygen atoms in total. The highest BCUT2D eigenvalue weighted by molar-refractivity contribution is 5.96. The Morgan fingerprint density at radius 3 is 2.62 bits per heavy atom. The van der Waals surface area contributed by atoms with Gasteiger partial charge in [-0.05, 0) is 43.2 Å². The molecule has 4 N–H and O–H groups in total. The van der Waals surface area contributed by atoms with Crippen molar-refractivity contribution in [2.24, 2.45) is 5.92 Å². The molecule has 218 valence electrons. The van der Waals surface area contributed by atoms with Crippen LogP contribution in [-0.2, 0) is 4.79 Å². The third-order valence-electron chi connectivity index (χ3n) is 8.02.